The zero-order valence-corrected chi connectivity index (χ0v) is 10.6. The summed E-state index contributed by atoms with van der Waals surface area (Å²) in [7, 11) is 0. The Labute approximate surface area is 101 Å². The lowest BCUT2D eigenvalue weighted by atomic mass is 9.85. The van der Waals surface area contributed by atoms with Crippen molar-refractivity contribution >= 4 is 11.7 Å². The molecule has 1 aliphatic heterocycles. The Bertz CT molecular complexity index is 414. The van der Waals surface area contributed by atoms with Gasteiger partial charge in [0.05, 0.1) is 6.20 Å². The predicted octanol–water partition coefficient (Wildman–Crippen LogP) is 1.50. The van der Waals surface area contributed by atoms with Crippen LogP contribution in [0.5, 0.6) is 0 Å². The molecule has 0 spiro atoms. The first-order valence-corrected chi connectivity index (χ1v) is 6.10. The first kappa shape index (κ1) is 12.0. The van der Waals surface area contributed by atoms with E-state index >= 15 is 0 Å². The van der Waals surface area contributed by atoms with Gasteiger partial charge in [0.2, 0.25) is 0 Å². The number of hydrogen-bond acceptors (Lipinski definition) is 3. The van der Waals surface area contributed by atoms with Gasteiger partial charge < -0.3 is 10.6 Å². The highest BCUT2D eigenvalue weighted by molar-refractivity contribution is 5.98. The molecule has 3 unspecified atom stereocenters. The Hall–Kier alpha value is -1.52. The molecule has 1 amide bonds. The molecule has 0 bridgehead atoms. The van der Waals surface area contributed by atoms with Crippen LogP contribution in [0, 0.1) is 11.8 Å². The molecule has 3 atom stereocenters. The lowest BCUT2D eigenvalue weighted by molar-refractivity contribution is 0.0457. The van der Waals surface area contributed by atoms with Gasteiger partial charge in [0, 0.05) is 12.6 Å². The monoisotopic (exact) mass is 236 g/mol. The summed E-state index contributed by atoms with van der Waals surface area (Å²) in [6.07, 6.45) is 2.68. The number of carbonyl (C=O) groups excluding carboxylic acids is 1. The third-order valence-corrected chi connectivity index (χ3v) is 3.76. The van der Waals surface area contributed by atoms with Crippen LogP contribution >= 0.6 is 0 Å². The number of nitrogens with two attached hydrogens (primary N) is 1. The van der Waals surface area contributed by atoms with Crippen molar-refractivity contribution in [3.05, 3.63) is 11.8 Å². The highest BCUT2D eigenvalue weighted by Crippen LogP contribution is 2.28. The lowest BCUT2D eigenvalue weighted by Gasteiger charge is -2.41. The Kier molecular flexibility index (Phi) is 3.09. The third kappa shape index (κ3) is 2.14. The standard InChI is InChI=1S/C12H20N4O/c1-7-4-8(2)9(3)16(6-7)12(17)10-5-14-15-11(10)13/h5,7-9H,4,6H2,1-3H3,(H3,13,14,15). The summed E-state index contributed by atoms with van der Waals surface area (Å²) >= 11 is 0. The molecule has 17 heavy (non-hydrogen) atoms. The van der Waals surface area contributed by atoms with Crippen LogP contribution in [0.1, 0.15) is 37.6 Å². The van der Waals surface area contributed by atoms with E-state index in [4.69, 9.17) is 5.73 Å². The summed E-state index contributed by atoms with van der Waals surface area (Å²) in [6.45, 7) is 7.28. The third-order valence-electron chi connectivity index (χ3n) is 3.76. The van der Waals surface area contributed by atoms with Crippen LogP contribution in [-0.4, -0.2) is 33.6 Å². The number of nitrogens with zero attached hydrogens (tertiary/aromatic N) is 2. The van der Waals surface area contributed by atoms with E-state index in [1.165, 1.54) is 12.6 Å². The van der Waals surface area contributed by atoms with Crippen LogP contribution in [-0.2, 0) is 0 Å². The SMILES string of the molecule is CC1CC(C)C(C)N(C(=O)c2cn[nH]c2N)C1. The number of hydrogen-bond donors (Lipinski definition) is 2. The fraction of sp³-hybridized carbons (Fsp3) is 0.667. The largest absolute Gasteiger partial charge is 0.383 e. The minimum Gasteiger partial charge on any atom is -0.383 e. The normalized spacial score (nSPS) is 29.4. The molecule has 0 saturated carbocycles. The van der Waals surface area contributed by atoms with Crippen molar-refractivity contribution in [3.8, 4) is 0 Å². The second-order valence-corrected chi connectivity index (χ2v) is 5.21. The number of likely N-dealkylation sites (tertiary alicyclic amines) is 1. The van der Waals surface area contributed by atoms with Gasteiger partial charge in [-0.1, -0.05) is 13.8 Å². The molecule has 1 aromatic rings. The summed E-state index contributed by atoms with van der Waals surface area (Å²) in [4.78, 5) is 14.3. The van der Waals surface area contributed by atoms with E-state index in [1.807, 2.05) is 4.90 Å². The van der Waals surface area contributed by atoms with Crippen LogP contribution in [0.2, 0.25) is 0 Å². The molecular formula is C12H20N4O. The van der Waals surface area contributed by atoms with Crippen molar-refractivity contribution in [3.63, 3.8) is 0 Å². The molecule has 1 fully saturated rings. The number of aromatic amines is 1. The second-order valence-electron chi connectivity index (χ2n) is 5.21. The average Bonchev–Trinajstić information content (AvgIpc) is 2.69. The van der Waals surface area contributed by atoms with Gasteiger partial charge in [-0.15, -0.1) is 0 Å². The molecule has 2 rings (SSSR count). The number of nitrogen functional groups attached to an aromatic ring is 1. The maximum atomic E-state index is 12.4. The fourth-order valence-electron chi connectivity index (χ4n) is 2.60. The van der Waals surface area contributed by atoms with Crippen molar-refractivity contribution in [1.29, 1.82) is 0 Å². The topological polar surface area (TPSA) is 75.0 Å². The van der Waals surface area contributed by atoms with Crippen molar-refractivity contribution in [2.75, 3.05) is 12.3 Å². The van der Waals surface area contributed by atoms with Gasteiger partial charge >= 0.3 is 0 Å². The Morgan fingerprint density at radius 1 is 1.53 bits per heavy atom. The van der Waals surface area contributed by atoms with Crippen LogP contribution < -0.4 is 5.73 Å². The lowest BCUT2D eigenvalue weighted by Crippen LogP contribution is -2.48. The van der Waals surface area contributed by atoms with Crippen LogP contribution in [0.3, 0.4) is 0 Å². The fourth-order valence-corrected chi connectivity index (χ4v) is 2.60. The van der Waals surface area contributed by atoms with Crippen LogP contribution in [0.15, 0.2) is 6.20 Å². The average molecular weight is 236 g/mol. The summed E-state index contributed by atoms with van der Waals surface area (Å²) in [5.74, 6) is 1.41. The molecule has 94 valence electrons. The van der Waals surface area contributed by atoms with Gasteiger partial charge in [-0.2, -0.15) is 5.10 Å². The van der Waals surface area contributed by atoms with Crippen molar-refractivity contribution in [2.24, 2.45) is 11.8 Å². The van der Waals surface area contributed by atoms with Gasteiger partial charge in [-0.05, 0) is 25.2 Å². The highest BCUT2D eigenvalue weighted by Gasteiger charge is 2.33. The molecule has 1 aromatic heterocycles. The molecule has 0 aliphatic carbocycles. The molecule has 3 N–H and O–H groups in total. The van der Waals surface area contributed by atoms with Crippen LogP contribution in [0.25, 0.3) is 0 Å². The van der Waals surface area contributed by atoms with E-state index in [-0.39, 0.29) is 11.9 Å². The van der Waals surface area contributed by atoms with E-state index in [9.17, 15) is 4.79 Å². The van der Waals surface area contributed by atoms with Crippen molar-refractivity contribution < 1.29 is 4.79 Å². The Balaban J connectivity index is 2.21. The zero-order chi connectivity index (χ0) is 12.6. The summed E-state index contributed by atoms with van der Waals surface area (Å²) in [5, 5.41) is 6.41. The minimum atomic E-state index is -0.0119. The second kappa shape index (κ2) is 4.39. The van der Waals surface area contributed by atoms with E-state index in [1.54, 1.807) is 0 Å². The molecule has 5 heteroatoms. The van der Waals surface area contributed by atoms with Crippen molar-refractivity contribution in [1.82, 2.24) is 15.1 Å². The van der Waals surface area contributed by atoms with Gasteiger partial charge in [0.1, 0.15) is 11.4 Å². The van der Waals surface area contributed by atoms with Gasteiger partial charge in [-0.25, -0.2) is 0 Å². The number of H-pyrrole nitrogens is 1. The highest BCUT2D eigenvalue weighted by atomic mass is 16.2. The zero-order valence-electron chi connectivity index (χ0n) is 10.6. The molecule has 0 aromatic carbocycles. The van der Waals surface area contributed by atoms with Crippen LogP contribution in [0.4, 0.5) is 5.82 Å². The van der Waals surface area contributed by atoms with E-state index < -0.39 is 0 Å². The van der Waals surface area contributed by atoms with Gasteiger partial charge in [0.25, 0.3) is 5.91 Å². The number of amides is 1. The molecule has 2 heterocycles. The number of rotatable bonds is 1. The van der Waals surface area contributed by atoms with Crippen molar-refractivity contribution in [2.45, 2.75) is 33.2 Å². The minimum absolute atomic E-state index is 0.0119. The summed E-state index contributed by atoms with van der Waals surface area (Å²) in [6, 6.07) is 0.257. The number of piperidine rings is 1. The van der Waals surface area contributed by atoms with E-state index in [0.717, 1.165) is 6.54 Å². The Morgan fingerprint density at radius 3 is 2.82 bits per heavy atom. The maximum absolute atomic E-state index is 12.4. The Morgan fingerprint density at radius 2 is 2.24 bits per heavy atom. The van der Waals surface area contributed by atoms with E-state index in [0.29, 0.717) is 23.2 Å². The number of aromatic nitrogens is 2. The molecule has 1 aliphatic rings. The molecule has 1 saturated heterocycles. The number of carbonyl (C=O) groups is 1. The smallest absolute Gasteiger partial charge is 0.259 e. The first-order chi connectivity index (χ1) is 8.00. The molecule has 0 radical (unpaired) electrons. The number of anilines is 1. The molecule has 5 nitrogen and oxygen atoms in total. The molecular weight excluding hydrogens is 216 g/mol. The van der Waals surface area contributed by atoms with Gasteiger partial charge in [-0.3, -0.25) is 9.89 Å². The summed E-state index contributed by atoms with van der Waals surface area (Å²) in [5.41, 5.74) is 6.18. The summed E-state index contributed by atoms with van der Waals surface area (Å²) < 4.78 is 0. The van der Waals surface area contributed by atoms with E-state index in [2.05, 4.69) is 31.0 Å². The predicted molar refractivity (Wildman–Crippen MR) is 66.4 cm³/mol. The van der Waals surface area contributed by atoms with Gasteiger partial charge in [0.15, 0.2) is 0 Å². The quantitative estimate of drug-likeness (QED) is 0.776. The number of nitrogens with one attached hydrogen (secondary N) is 1. The maximum Gasteiger partial charge on any atom is 0.259 e. The first-order valence-electron chi connectivity index (χ1n) is 6.10.